The van der Waals surface area contributed by atoms with Crippen LogP contribution >= 0.6 is 41.6 Å². The monoisotopic (exact) mass is 601 g/mol. The third-order valence-electron chi connectivity index (χ3n) is 3.82. The minimum absolute atomic E-state index is 0.0426. The van der Waals surface area contributed by atoms with Crippen LogP contribution in [-0.2, 0) is 31.6 Å². The van der Waals surface area contributed by atoms with E-state index in [1.54, 1.807) is 0 Å². The van der Waals surface area contributed by atoms with E-state index in [1.165, 1.54) is 10.9 Å². The first-order valence-electron chi connectivity index (χ1n) is 8.45. The van der Waals surface area contributed by atoms with E-state index in [0.717, 1.165) is 6.33 Å². The lowest BCUT2D eigenvalue weighted by atomic mass is 10.1. The number of phosphoric acid groups is 3. The Balaban J connectivity index is 0.00000129. The summed E-state index contributed by atoms with van der Waals surface area (Å²) in [5.74, 6) is 0.0426. The Morgan fingerprint density at radius 3 is 2.26 bits per heavy atom. The number of aliphatic hydroxyl groups is 2. The Hall–Kier alpha value is -0.0138. The normalized spacial score (nSPS) is 26.2. The van der Waals surface area contributed by atoms with Crippen LogP contribution in [0.15, 0.2) is 12.7 Å². The molecule has 0 aromatic carbocycles. The molecule has 0 amide bonds. The maximum absolute atomic E-state index is 11.8. The van der Waals surface area contributed by atoms with Crippen LogP contribution in [0.3, 0.4) is 0 Å². The summed E-state index contributed by atoms with van der Waals surface area (Å²) in [4.78, 5) is 47.2. The third-order valence-corrected chi connectivity index (χ3v) is 7.62. The summed E-state index contributed by atoms with van der Waals surface area (Å²) >= 11 is -0.639. The molecule has 1 aliphatic heterocycles. The van der Waals surface area contributed by atoms with Gasteiger partial charge in [0.15, 0.2) is 17.7 Å². The number of hydrogen-bond donors (Lipinski definition) is 7. The van der Waals surface area contributed by atoms with Crippen LogP contribution < -0.4 is 5.73 Å². The van der Waals surface area contributed by atoms with Gasteiger partial charge in [-0.1, -0.05) is 0 Å². The molecule has 1 aliphatic rings. The summed E-state index contributed by atoms with van der Waals surface area (Å²) in [6.45, 7) is -0.956. The number of anilines is 1. The summed E-state index contributed by atoms with van der Waals surface area (Å²) in [6, 6.07) is 0. The van der Waals surface area contributed by atoms with Gasteiger partial charge in [-0.2, -0.15) is 8.62 Å². The van der Waals surface area contributed by atoms with Crippen molar-refractivity contribution in [3.8, 4) is 0 Å². The van der Waals surface area contributed by atoms with Crippen molar-refractivity contribution < 1.29 is 61.4 Å². The highest BCUT2D eigenvalue weighted by atomic mass is 35.6. The first-order chi connectivity index (χ1) is 15.6. The average Bonchev–Trinajstić information content (AvgIpc) is 3.21. The van der Waals surface area contributed by atoms with Crippen LogP contribution in [0.2, 0.25) is 0 Å². The zero-order valence-electron chi connectivity index (χ0n) is 16.4. The topological polar surface area (TPSA) is 279 Å². The molecule has 3 heterocycles. The van der Waals surface area contributed by atoms with Gasteiger partial charge >= 0.3 is 41.6 Å². The van der Waals surface area contributed by atoms with E-state index in [1.807, 2.05) is 0 Å². The molecule has 0 aliphatic carbocycles. The number of aliphatic hydroxyl groups excluding tert-OH is 2. The predicted molar refractivity (Wildman–Crippen MR) is 113 cm³/mol. The first kappa shape index (κ1) is 30.2. The van der Waals surface area contributed by atoms with Gasteiger partial charge in [0.25, 0.3) is 0 Å². The second-order valence-corrected chi connectivity index (χ2v) is 13.2. The molecular formula is C10H16Cl2MgN5O13P3. The Bertz CT molecular complexity index is 1140. The van der Waals surface area contributed by atoms with Crippen LogP contribution in [0.4, 0.5) is 5.82 Å². The van der Waals surface area contributed by atoms with E-state index in [9.17, 15) is 28.8 Å². The molecule has 18 nitrogen and oxygen atoms in total. The average molecular weight is 602 g/mol. The minimum atomic E-state index is -5.70. The van der Waals surface area contributed by atoms with Crippen LogP contribution in [0.1, 0.15) is 6.23 Å². The lowest BCUT2D eigenvalue weighted by Gasteiger charge is -2.19. The van der Waals surface area contributed by atoms with Crippen molar-refractivity contribution >= 4 is 76.8 Å². The largest absolute Gasteiger partial charge is 0.618 e. The van der Waals surface area contributed by atoms with E-state index in [2.05, 4.69) is 28.1 Å². The summed E-state index contributed by atoms with van der Waals surface area (Å²) in [5.41, 5.74) is 6.00. The van der Waals surface area contributed by atoms with Crippen LogP contribution in [-0.4, -0.2) is 92.4 Å². The quantitative estimate of drug-likeness (QED) is 0.146. The van der Waals surface area contributed by atoms with E-state index >= 15 is 0 Å². The van der Waals surface area contributed by atoms with Gasteiger partial charge in [-0.3, -0.25) is 9.09 Å². The smallest absolute Gasteiger partial charge is 0.387 e. The lowest BCUT2D eigenvalue weighted by molar-refractivity contribution is -0.0503. The molecule has 3 rings (SSSR count). The summed E-state index contributed by atoms with van der Waals surface area (Å²) in [6.07, 6.45) is -3.69. The summed E-state index contributed by atoms with van der Waals surface area (Å²) in [7, 11) is -6.87. The molecule has 1 saturated heterocycles. The number of rotatable bonds is 8. The SMILES string of the molecule is Nc1ncnc2c1ncn2[C@@H]1O[C@H](COP(=O)(O)OP(=O)(O)OP(=O)(O)O)[C@@H](O)[C@H]1O.[Cl][Mg][Cl]. The van der Waals surface area contributed by atoms with Crippen LogP contribution in [0.5, 0.6) is 0 Å². The van der Waals surface area contributed by atoms with Crippen LogP contribution in [0, 0.1) is 0 Å². The molecular weight excluding hydrogens is 586 g/mol. The number of ether oxygens (including phenoxy) is 1. The van der Waals surface area contributed by atoms with Crippen molar-refractivity contribution in [2.75, 3.05) is 12.3 Å². The Morgan fingerprint density at radius 2 is 1.68 bits per heavy atom. The van der Waals surface area contributed by atoms with E-state index in [-0.39, 0.29) is 17.0 Å². The standard InChI is InChI=1S/C10H16N5O13P3.2ClH.Mg/c11-8-5-9(13-2-12-8)15(3-14-5)10-7(17)6(16)4(26-10)1-25-30(21,22)28-31(23,24)27-29(18,19)20;;;/h2-4,6-7,10,16-17H,1H2,(H,21,22)(H,23,24)(H2,11,12,13)(H2,18,19,20);2*1H;/q;;;+2/p-2/t4-,6-,7-,10-;;;/m1.../s1. The van der Waals surface area contributed by atoms with Gasteiger partial charge in [0.2, 0.25) is 0 Å². The summed E-state index contributed by atoms with van der Waals surface area (Å²) in [5, 5.41) is 20.4. The molecule has 34 heavy (non-hydrogen) atoms. The van der Waals surface area contributed by atoms with Gasteiger partial charge in [0.05, 0.1) is 12.9 Å². The number of nitrogen functional groups attached to an aromatic ring is 1. The highest BCUT2D eigenvalue weighted by molar-refractivity contribution is 7.66. The Morgan fingerprint density at radius 1 is 1.06 bits per heavy atom. The number of imidazole rings is 1. The summed E-state index contributed by atoms with van der Waals surface area (Å²) < 4.78 is 51.9. The lowest BCUT2D eigenvalue weighted by Crippen LogP contribution is -2.33. The molecule has 0 saturated carbocycles. The van der Waals surface area contributed by atoms with Gasteiger partial charge < -0.3 is 58.4 Å². The third kappa shape index (κ3) is 8.26. The fourth-order valence-electron chi connectivity index (χ4n) is 2.62. The second kappa shape index (κ2) is 12.0. The van der Waals surface area contributed by atoms with Gasteiger partial charge in [-0.15, -0.1) is 0 Å². The number of nitrogens with zero attached hydrogens (tertiary/aromatic N) is 4. The number of aromatic nitrogens is 4. The molecule has 1 fully saturated rings. The predicted octanol–water partition coefficient (Wildman–Crippen LogP) is -0.631. The highest BCUT2D eigenvalue weighted by Crippen LogP contribution is 2.66. The van der Waals surface area contributed by atoms with Crippen molar-refractivity contribution in [3.05, 3.63) is 12.7 Å². The molecule has 2 aromatic rings. The van der Waals surface area contributed by atoms with Crippen molar-refractivity contribution in [1.29, 1.82) is 0 Å². The number of phosphoric ester groups is 1. The fraction of sp³-hybridized carbons (Fsp3) is 0.500. The zero-order valence-corrected chi connectivity index (χ0v) is 22.0. The number of hydrogen-bond acceptors (Lipinski definition) is 13. The van der Waals surface area contributed by atoms with Gasteiger partial charge in [0.1, 0.15) is 30.2 Å². The van der Waals surface area contributed by atoms with Crippen molar-refractivity contribution in [3.63, 3.8) is 0 Å². The minimum Gasteiger partial charge on any atom is -0.387 e. The fourth-order valence-corrected chi connectivity index (χ4v) is 5.65. The molecule has 0 radical (unpaired) electrons. The van der Waals surface area contributed by atoms with Gasteiger partial charge in [0, 0.05) is 0 Å². The second-order valence-electron chi connectivity index (χ2n) is 6.12. The first-order valence-corrected chi connectivity index (χ1v) is 17.3. The molecule has 8 N–H and O–H groups in total. The molecule has 0 spiro atoms. The molecule has 2 unspecified atom stereocenters. The Kier molecular flexibility index (Phi) is 10.7. The molecule has 6 atom stereocenters. The number of halogens is 2. The van der Waals surface area contributed by atoms with E-state index in [4.69, 9.17) is 43.3 Å². The molecule has 190 valence electrons. The Labute approximate surface area is 206 Å². The molecule has 2 aromatic heterocycles. The number of nitrogens with two attached hydrogens (primary N) is 1. The van der Waals surface area contributed by atoms with E-state index in [0.29, 0.717) is 0 Å². The molecule has 0 bridgehead atoms. The molecule has 24 heteroatoms. The van der Waals surface area contributed by atoms with Crippen molar-refractivity contribution in [2.24, 2.45) is 0 Å². The highest BCUT2D eigenvalue weighted by Gasteiger charge is 2.47. The van der Waals surface area contributed by atoms with Crippen molar-refractivity contribution in [1.82, 2.24) is 19.5 Å². The number of fused-ring (bicyclic) bond motifs is 1. The maximum Gasteiger partial charge on any atom is 0.618 e. The van der Waals surface area contributed by atoms with Crippen molar-refractivity contribution in [2.45, 2.75) is 24.5 Å². The van der Waals surface area contributed by atoms with Gasteiger partial charge in [-0.25, -0.2) is 28.6 Å². The zero-order chi connectivity index (χ0) is 25.9. The van der Waals surface area contributed by atoms with E-state index < -0.39 is 72.8 Å². The van der Waals surface area contributed by atoms with Crippen LogP contribution in [0.25, 0.3) is 11.2 Å². The maximum atomic E-state index is 11.8. The van der Waals surface area contributed by atoms with Gasteiger partial charge in [-0.05, 0) is 0 Å².